The normalized spacial score (nSPS) is 14.3. The van der Waals surface area contributed by atoms with Crippen LogP contribution in [-0.2, 0) is 0 Å². The lowest BCUT2D eigenvalue weighted by molar-refractivity contribution is -0.266. The summed E-state index contributed by atoms with van der Waals surface area (Å²) in [7, 11) is 0.0220. The summed E-state index contributed by atoms with van der Waals surface area (Å²) in [6.07, 6.45) is 2.38. The molecule has 0 aromatic carbocycles. The van der Waals surface area contributed by atoms with Crippen molar-refractivity contribution in [2.45, 2.75) is 63.8 Å². The second-order valence-corrected chi connectivity index (χ2v) is 18.9. The summed E-state index contributed by atoms with van der Waals surface area (Å²) in [5.41, 5.74) is 0. The van der Waals surface area contributed by atoms with Crippen LogP contribution in [0.3, 0.4) is 0 Å². The lowest BCUT2D eigenvalue weighted by Crippen LogP contribution is -2.05. The Morgan fingerprint density at radius 2 is 1.17 bits per heavy atom. The van der Waals surface area contributed by atoms with Gasteiger partial charge in [-0.2, -0.15) is 0 Å². The molecule has 0 radical (unpaired) electrons. The van der Waals surface area contributed by atoms with Crippen molar-refractivity contribution in [3.8, 4) is 0 Å². The summed E-state index contributed by atoms with van der Waals surface area (Å²) in [4.78, 5) is 0. The summed E-state index contributed by atoms with van der Waals surface area (Å²) in [6.45, 7) is 18.4. The van der Waals surface area contributed by atoms with Crippen LogP contribution in [0, 0.1) is 23.7 Å². The molecule has 0 saturated heterocycles. The fraction of sp³-hybridized carbons (Fsp3) is 0.810. The molecule has 0 fully saturated rings. The van der Waals surface area contributed by atoms with Gasteiger partial charge in [0.1, 0.15) is 14.9 Å². The zero-order valence-corrected chi connectivity index (χ0v) is 26.5. The summed E-state index contributed by atoms with van der Waals surface area (Å²) in [6, 6.07) is 0. The highest BCUT2D eigenvalue weighted by molar-refractivity contribution is 8.28. The van der Waals surface area contributed by atoms with Crippen LogP contribution in [0.5, 0.6) is 0 Å². The highest BCUT2D eigenvalue weighted by Gasteiger charge is 2.22. The molecular formula is C21H40NS8+. The minimum atomic E-state index is 0.0220. The van der Waals surface area contributed by atoms with Crippen LogP contribution in [0.4, 0.5) is 0 Å². The molecule has 1 nitrogen and oxygen atoms in total. The molecule has 1 heterocycles. The van der Waals surface area contributed by atoms with Gasteiger partial charge in [0.15, 0.2) is 31.5 Å². The number of thiol groups is 1. The Kier molecular flexibility index (Phi) is 15.6. The molecule has 0 saturated carbocycles. The number of rotatable bonds is 13. The molecule has 1 aromatic heterocycles. The maximum atomic E-state index is 4.97. The first-order valence-electron chi connectivity index (χ1n) is 10.5. The molecule has 1 unspecified atom stereocenters. The molecule has 0 amide bonds. The topological polar surface area (TPSA) is 5.90 Å². The minimum Gasteiger partial charge on any atom is -0.135 e. The van der Waals surface area contributed by atoms with Gasteiger partial charge in [0.25, 0.3) is 0 Å². The quantitative estimate of drug-likeness (QED) is 0.145. The molecule has 176 valence electrons. The summed E-state index contributed by atoms with van der Waals surface area (Å²) in [5.74, 6) is 7.45. The molecule has 0 bridgehead atoms. The van der Waals surface area contributed by atoms with Crippen molar-refractivity contribution in [1.82, 2.24) is 0 Å². The molecule has 0 aliphatic carbocycles. The van der Waals surface area contributed by atoms with Gasteiger partial charge in [-0.15, -0.1) is 59.7 Å². The number of aromatic nitrogens is 1. The Morgan fingerprint density at radius 1 is 0.767 bits per heavy atom. The van der Waals surface area contributed by atoms with E-state index in [1.54, 1.807) is 0 Å². The van der Waals surface area contributed by atoms with Gasteiger partial charge in [0.05, 0.1) is 4.24 Å². The largest absolute Gasteiger partial charge is 0.179 e. The molecule has 1 aromatic rings. The van der Waals surface area contributed by atoms with E-state index >= 15 is 0 Å². The molecule has 1 rings (SSSR count). The van der Waals surface area contributed by atoms with E-state index < -0.39 is 0 Å². The molecule has 1 atom stereocenters. The minimum absolute atomic E-state index is 0.0220. The van der Waals surface area contributed by atoms with Crippen molar-refractivity contribution in [2.24, 2.45) is 23.7 Å². The van der Waals surface area contributed by atoms with Crippen LogP contribution >= 0.6 is 93.4 Å². The van der Waals surface area contributed by atoms with Crippen molar-refractivity contribution < 1.29 is 2.39 Å². The molecule has 0 N–H and O–H groups in total. The van der Waals surface area contributed by atoms with Gasteiger partial charge >= 0.3 is 0 Å². The van der Waals surface area contributed by atoms with Gasteiger partial charge in [-0.3, -0.25) is 0 Å². The first-order chi connectivity index (χ1) is 14.0. The molecule has 0 aliphatic rings. The first kappa shape index (κ1) is 29.9. The Labute approximate surface area is 219 Å². The third kappa shape index (κ3) is 11.8. The van der Waals surface area contributed by atoms with Gasteiger partial charge in [0, 0.05) is 29.3 Å². The average molecular weight is 563 g/mol. The van der Waals surface area contributed by atoms with Crippen LogP contribution in [0.25, 0.3) is 0 Å². The smallest absolute Gasteiger partial charge is 0.135 e. The Balaban J connectivity index is 3.35. The summed E-state index contributed by atoms with van der Waals surface area (Å²) in [5, 5.41) is 0. The van der Waals surface area contributed by atoms with E-state index in [0.29, 0.717) is 23.7 Å². The predicted molar refractivity (Wildman–Crippen MR) is 157 cm³/mol. The van der Waals surface area contributed by atoms with Gasteiger partial charge in [-0.05, 0) is 26.1 Å². The molecule has 30 heavy (non-hydrogen) atoms. The molecule has 9 heteroatoms. The first-order valence-corrected chi connectivity index (χ1v) is 18.0. The molecular weight excluding hydrogens is 523 g/mol. The number of nitrogens with zero attached hydrogens (tertiary/aromatic N) is 1. The van der Waals surface area contributed by atoms with Crippen LogP contribution < -0.4 is 2.39 Å². The zero-order chi connectivity index (χ0) is 22.8. The summed E-state index contributed by atoms with van der Waals surface area (Å²) >= 11 is 16.9. The van der Waals surface area contributed by atoms with Crippen LogP contribution in [-0.4, -0.2) is 29.3 Å². The third-order valence-electron chi connectivity index (χ3n) is 3.34. The van der Waals surface area contributed by atoms with Crippen molar-refractivity contribution in [1.29, 1.82) is 0 Å². The van der Waals surface area contributed by atoms with Crippen LogP contribution in [0.2, 0.25) is 0 Å². The third-order valence-corrected chi connectivity index (χ3v) is 16.9. The SMILES string of the molecule is CC(C)CS/C(S)=C(\SCC(C)C)S(C)=[n+]1sc(SCC(C)C)c(SCC(C)C)s1. The van der Waals surface area contributed by atoms with Crippen LogP contribution in [0.15, 0.2) is 16.9 Å². The van der Waals surface area contributed by atoms with E-state index in [1.807, 2.05) is 70.1 Å². The van der Waals surface area contributed by atoms with Gasteiger partial charge < -0.3 is 0 Å². The number of hydrogen-bond acceptors (Lipinski definition) is 7. The maximum absolute atomic E-state index is 4.97. The lowest BCUT2D eigenvalue weighted by atomic mass is 10.3. The zero-order valence-electron chi connectivity index (χ0n) is 19.9. The standard InChI is InChI=1S/C21H39NS8/c1-14(2)10-24-18(23)21(27-13-17(7)8)30(9)22-28-19(25-11-15(3)4)20(29-22)26-12-16(5)6/h14-17H,10-13H2,1-9H3/p+1/b21-18+. The fourth-order valence-corrected chi connectivity index (χ4v) is 13.6. The fourth-order valence-electron chi connectivity index (χ4n) is 1.88. The van der Waals surface area contributed by atoms with Gasteiger partial charge in [-0.1, -0.05) is 55.4 Å². The Morgan fingerprint density at radius 3 is 1.57 bits per heavy atom. The second-order valence-electron chi connectivity index (χ2n) is 8.87. The van der Waals surface area contributed by atoms with Crippen molar-refractivity contribution in [3.63, 3.8) is 0 Å². The van der Waals surface area contributed by atoms with E-state index in [1.165, 1.54) is 28.4 Å². The predicted octanol–water partition coefficient (Wildman–Crippen LogP) is 9.37. The average Bonchev–Trinajstić information content (AvgIpc) is 3.05. The van der Waals surface area contributed by atoms with Crippen molar-refractivity contribution in [3.05, 3.63) is 8.47 Å². The van der Waals surface area contributed by atoms with E-state index in [0.717, 1.165) is 11.5 Å². The molecule has 0 aliphatic heterocycles. The Bertz CT molecular complexity index is 695. The van der Waals surface area contributed by atoms with E-state index in [4.69, 9.17) is 12.6 Å². The highest BCUT2D eigenvalue weighted by Crippen LogP contribution is 2.43. The van der Waals surface area contributed by atoms with Crippen molar-refractivity contribution >= 4 is 93.4 Å². The number of thioether (sulfide) groups is 4. The van der Waals surface area contributed by atoms with E-state index in [-0.39, 0.29) is 10.7 Å². The summed E-state index contributed by atoms with van der Waals surface area (Å²) < 4.78 is 8.23. The van der Waals surface area contributed by atoms with Crippen LogP contribution in [0.1, 0.15) is 55.4 Å². The monoisotopic (exact) mass is 562 g/mol. The van der Waals surface area contributed by atoms with Gasteiger partial charge in [-0.25, -0.2) is 0 Å². The Hall–Kier alpha value is 1.82. The van der Waals surface area contributed by atoms with E-state index in [9.17, 15) is 0 Å². The maximum Gasteiger partial charge on any atom is 0.179 e. The van der Waals surface area contributed by atoms with E-state index in [2.05, 4.69) is 64.0 Å². The highest BCUT2D eigenvalue weighted by atomic mass is 32.3. The van der Waals surface area contributed by atoms with Gasteiger partial charge in [0.2, 0.25) is 0 Å². The second kappa shape index (κ2) is 15.7. The lowest BCUT2D eigenvalue weighted by Gasteiger charge is -2.10. The number of hydrogen-bond donors (Lipinski definition) is 1. The molecule has 0 spiro atoms. The van der Waals surface area contributed by atoms with Crippen molar-refractivity contribution in [2.75, 3.05) is 29.3 Å².